The van der Waals surface area contributed by atoms with Gasteiger partial charge in [0.25, 0.3) is 0 Å². The van der Waals surface area contributed by atoms with Gasteiger partial charge >= 0.3 is 0 Å². The summed E-state index contributed by atoms with van der Waals surface area (Å²) in [6, 6.07) is 21.3. The van der Waals surface area contributed by atoms with Crippen LogP contribution in [0.3, 0.4) is 0 Å². The second-order valence-electron chi connectivity index (χ2n) is 5.67. The monoisotopic (exact) mass is 482 g/mol. The summed E-state index contributed by atoms with van der Waals surface area (Å²) in [5.41, 5.74) is 0. The molecule has 0 saturated carbocycles. The van der Waals surface area contributed by atoms with Gasteiger partial charge in [0.2, 0.25) is 0 Å². The van der Waals surface area contributed by atoms with E-state index in [0.717, 1.165) is 23.0 Å². The average molecular weight is 483 g/mol. The summed E-state index contributed by atoms with van der Waals surface area (Å²) in [6.45, 7) is 7.82. The highest BCUT2D eigenvalue weighted by molar-refractivity contribution is 8.76. The van der Waals surface area contributed by atoms with Gasteiger partial charge < -0.3 is 0 Å². The van der Waals surface area contributed by atoms with Crippen LogP contribution in [-0.2, 0) is 0 Å². The Balaban J connectivity index is 1.68. The maximum atomic E-state index is 3.91. The fourth-order valence-corrected chi connectivity index (χ4v) is 9.60. The smallest absolute Gasteiger partial charge is 0.0281 e. The predicted octanol–water partition coefficient (Wildman–Crippen LogP) is 8.44. The van der Waals surface area contributed by atoms with Crippen LogP contribution in [0.5, 0.6) is 0 Å². The molecule has 2 unspecified atom stereocenters. The minimum absolute atomic E-state index is 0.587. The van der Waals surface area contributed by atoms with Crippen LogP contribution in [0.4, 0.5) is 0 Å². The van der Waals surface area contributed by atoms with Gasteiger partial charge in [0.15, 0.2) is 0 Å². The van der Waals surface area contributed by atoms with Crippen molar-refractivity contribution in [2.24, 2.45) is 0 Å². The third kappa shape index (κ3) is 10.7. The molecule has 0 saturated heterocycles. The molecule has 2 atom stereocenters. The second-order valence-corrected chi connectivity index (χ2v) is 13.0. The van der Waals surface area contributed by atoms with Crippen molar-refractivity contribution in [2.75, 3.05) is 23.0 Å². The van der Waals surface area contributed by atoms with Crippen LogP contribution in [-0.4, -0.2) is 33.5 Å². The maximum absolute atomic E-state index is 3.91. The van der Waals surface area contributed by atoms with E-state index in [1.165, 1.54) is 9.79 Å². The largest absolute Gasteiger partial charge is 0.130 e. The third-order valence-electron chi connectivity index (χ3n) is 3.53. The summed E-state index contributed by atoms with van der Waals surface area (Å²) < 4.78 is 0. The molecule has 2 aromatic rings. The first-order chi connectivity index (χ1) is 13.8. The molecule has 0 radical (unpaired) electrons. The van der Waals surface area contributed by atoms with Crippen molar-refractivity contribution in [1.29, 1.82) is 0 Å². The highest BCUT2D eigenvalue weighted by atomic mass is 33.1. The van der Waals surface area contributed by atoms with Crippen LogP contribution < -0.4 is 0 Å². The van der Waals surface area contributed by atoms with E-state index < -0.39 is 0 Å². The molecule has 0 bridgehead atoms. The minimum atomic E-state index is 0.587. The van der Waals surface area contributed by atoms with E-state index in [-0.39, 0.29) is 0 Å². The van der Waals surface area contributed by atoms with Crippen molar-refractivity contribution in [1.82, 2.24) is 0 Å². The Bertz CT molecular complexity index is 602. The maximum Gasteiger partial charge on any atom is 0.0281 e. The standard InChI is InChI=1S/C22H26S6/c1-3-23-21(15-25-19-11-7-5-8-12-19)17-27-28-18-22(24-4-2)16-26-20-13-9-6-10-14-20/h3-14,21-22H,1-2,15-18H2. The number of rotatable bonds is 15. The van der Waals surface area contributed by atoms with E-state index >= 15 is 0 Å². The van der Waals surface area contributed by atoms with Crippen LogP contribution in [0.15, 0.2) is 94.4 Å². The Kier molecular flexibility index (Phi) is 13.7. The zero-order chi connectivity index (χ0) is 19.9. The van der Waals surface area contributed by atoms with E-state index in [4.69, 9.17) is 0 Å². The molecule has 0 spiro atoms. The van der Waals surface area contributed by atoms with Gasteiger partial charge in [-0.1, -0.05) is 71.1 Å². The van der Waals surface area contributed by atoms with E-state index in [9.17, 15) is 0 Å². The molecular weight excluding hydrogens is 457 g/mol. The van der Waals surface area contributed by atoms with Crippen LogP contribution in [0.2, 0.25) is 0 Å². The lowest BCUT2D eigenvalue weighted by Gasteiger charge is -2.16. The number of thioether (sulfide) groups is 4. The van der Waals surface area contributed by atoms with Gasteiger partial charge in [-0.2, -0.15) is 0 Å². The summed E-state index contributed by atoms with van der Waals surface area (Å²) >= 11 is 7.58. The fourth-order valence-electron chi connectivity index (χ4n) is 2.19. The van der Waals surface area contributed by atoms with Gasteiger partial charge in [0.1, 0.15) is 0 Å². The normalized spacial score (nSPS) is 13.0. The molecule has 2 rings (SSSR count). The average Bonchev–Trinajstić information content (AvgIpc) is 2.74. The highest BCUT2D eigenvalue weighted by Gasteiger charge is 2.12. The van der Waals surface area contributed by atoms with E-state index in [2.05, 4.69) is 73.8 Å². The van der Waals surface area contributed by atoms with E-state index in [0.29, 0.717) is 10.5 Å². The molecule has 0 nitrogen and oxygen atoms in total. The predicted molar refractivity (Wildman–Crippen MR) is 142 cm³/mol. The summed E-state index contributed by atoms with van der Waals surface area (Å²) in [6.07, 6.45) is 0. The molecule has 0 N–H and O–H groups in total. The van der Waals surface area contributed by atoms with E-state index in [1.807, 2.05) is 79.5 Å². The quantitative estimate of drug-likeness (QED) is 0.141. The van der Waals surface area contributed by atoms with Crippen molar-refractivity contribution in [3.63, 3.8) is 0 Å². The molecule has 0 fully saturated rings. The summed E-state index contributed by atoms with van der Waals surface area (Å²) in [7, 11) is 3.98. The van der Waals surface area contributed by atoms with Gasteiger partial charge in [0.05, 0.1) is 0 Å². The Morgan fingerprint density at radius 2 is 1.00 bits per heavy atom. The first-order valence-electron chi connectivity index (χ1n) is 8.94. The Morgan fingerprint density at radius 1 is 0.607 bits per heavy atom. The van der Waals surface area contributed by atoms with Crippen LogP contribution in [0.1, 0.15) is 0 Å². The Hall–Kier alpha value is 0.0200. The number of benzene rings is 2. The second kappa shape index (κ2) is 15.8. The fraction of sp³-hybridized carbons (Fsp3) is 0.273. The Morgan fingerprint density at radius 3 is 1.36 bits per heavy atom. The van der Waals surface area contributed by atoms with Crippen molar-refractivity contribution >= 4 is 68.6 Å². The van der Waals surface area contributed by atoms with Crippen molar-refractivity contribution in [3.05, 3.63) is 84.6 Å². The Labute approximate surface area is 195 Å². The molecular formula is C22H26S6. The topological polar surface area (TPSA) is 0 Å². The molecule has 6 heteroatoms. The third-order valence-corrected chi connectivity index (χ3v) is 11.1. The van der Waals surface area contributed by atoms with Gasteiger partial charge in [-0.3, -0.25) is 0 Å². The molecule has 0 amide bonds. The SMILES string of the molecule is C=CSC(CSSCC(CSc1ccccc1)SC=C)CSc1ccccc1. The first kappa shape index (κ1) is 24.3. The highest BCUT2D eigenvalue weighted by Crippen LogP contribution is 2.33. The van der Waals surface area contributed by atoms with Crippen LogP contribution in [0.25, 0.3) is 0 Å². The molecule has 0 heterocycles. The lowest BCUT2D eigenvalue weighted by molar-refractivity contribution is 1.15. The summed E-state index contributed by atoms with van der Waals surface area (Å²) in [5.74, 6) is 4.50. The number of hydrogen-bond donors (Lipinski definition) is 0. The van der Waals surface area contributed by atoms with Gasteiger partial charge in [-0.15, -0.1) is 47.0 Å². The zero-order valence-electron chi connectivity index (χ0n) is 15.8. The van der Waals surface area contributed by atoms with Crippen molar-refractivity contribution < 1.29 is 0 Å². The van der Waals surface area contributed by atoms with Gasteiger partial charge in [-0.05, 0) is 35.1 Å². The molecule has 150 valence electrons. The lowest BCUT2D eigenvalue weighted by atomic mass is 10.4. The van der Waals surface area contributed by atoms with Crippen molar-refractivity contribution in [2.45, 2.75) is 20.3 Å². The minimum Gasteiger partial charge on any atom is -0.130 e. The van der Waals surface area contributed by atoms with Crippen LogP contribution in [0, 0.1) is 0 Å². The zero-order valence-corrected chi connectivity index (χ0v) is 20.7. The molecule has 0 aliphatic heterocycles. The van der Waals surface area contributed by atoms with Gasteiger partial charge in [0, 0.05) is 43.3 Å². The van der Waals surface area contributed by atoms with Crippen molar-refractivity contribution in [3.8, 4) is 0 Å². The van der Waals surface area contributed by atoms with Gasteiger partial charge in [-0.25, -0.2) is 0 Å². The molecule has 0 aliphatic carbocycles. The number of hydrogen-bond acceptors (Lipinski definition) is 6. The summed E-state index contributed by atoms with van der Waals surface area (Å²) in [5, 5.41) is 5.14. The molecule has 0 aromatic heterocycles. The lowest BCUT2D eigenvalue weighted by Crippen LogP contribution is -2.10. The van der Waals surface area contributed by atoms with E-state index in [1.54, 1.807) is 0 Å². The molecule has 2 aromatic carbocycles. The first-order valence-corrected chi connectivity index (χ1v) is 15.3. The van der Waals surface area contributed by atoms with Crippen LogP contribution >= 0.6 is 68.6 Å². The molecule has 28 heavy (non-hydrogen) atoms. The summed E-state index contributed by atoms with van der Waals surface area (Å²) in [4.78, 5) is 2.69. The molecule has 0 aliphatic rings.